The van der Waals surface area contributed by atoms with Gasteiger partial charge in [0.25, 0.3) is 11.6 Å². The Morgan fingerprint density at radius 2 is 1.96 bits per heavy atom. The Labute approximate surface area is 148 Å². The van der Waals surface area contributed by atoms with Gasteiger partial charge >= 0.3 is 5.97 Å². The van der Waals surface area contributed by atoms with Gasteiger partial charge < -0.3 is 9.64 Å². The van der Waals surface area contributed by atoms with E-state index in [1.807, 2.05) is 13.8 Å². The van der Waals surface area contributed by atoms with Crippen LogP contribution in [0.2, 0.25) is 0 Å². The number of hydrogen-bond donors (Lipinski definition) is 0. The van der Waals surface area contributed by atoms with Crippen molar-refractivity contribution in [2.45, 2.75) is 45.2 Å². The fourth-order valence-corrected chi connectivity index (χ4v) is 3.37. The van der Waals surface area contributed by atoms with Crippen molar-refractivity contribution in [2.24, 2.45) is 0 Å². The average Bonchev–Trinajstić information content (AvgIpc) is 2.52. The Morgan fingerprint density at radius 3 is 2.54 bits per heavy atom. The van der Waals surface area contributed by atoms with Crippen molar-refractivity contribution in [2.75, 3.05) is 6.61 Å². The van der Waals surface area contributed by atoms with E-state index in [0.717, 1.165) is 25.3 Å². The highest BCUT2D eigenvalue weighted by atomic mass is 79.9. The second-order valence-electron chi connectivity index (χ2n) is 5.93. The maximum absolute atomic E-state index is 12.3. The highest BCUT2D eigenvalue weighted by Crippen LogP contribution is 2.26. The number of piperidine rings is 1. The van der Waals surface area contributed by atoms with Crippen LogP contribution in [0.25, 0.3) is 0 Å². The summed E-state index contributed by atoms with van der Waals surface area (Å²) < 4.78 is 5.32. The summed E-state index contributed by atoms with van der Waals surface area (Å²) in [4.78, 5) is 36.4. The van der Waals surface area contributed by atoms with Crippen molar-refractivity contribution < 1.29 is 19.2 Å². The molecule has 0 unspecified atom stereocenters. The molecule has 8 heteroatoms. The molecule has 1 heterocycles. The molecule has 1 fully saturated rings. The lowest BCUT2D eigenvalue weighted by Crippen LogP contribution is -2.49. The van der Waals surface area contributed by atoms with Crippen molar-refractivity contribution in [1.82, 2.24) is 4.90 Å². The molecular formula is C16H19BrN2O5. The predicted octanol–water partition coefficient (Wildman–Crippen LogP) is 3.30. The standard InChI is InChI=1S/C16H19BrN2O5/c1-10-4-3-5-11(2)18(10)15(20)9-24-16(21)12-6-7-13(17)14(8-12)19(22)23/h6-8,10-11H,3-5,9H2,1-2H3/t10-,11-/m0/s1. The van der Waals surface area contributed by atoms with Crippen LogP contribution in [-0.2, 0) is 9.53 Å². The number of benzene rings is 1. The molecule has 24 heavy (non-hydrogen) atoms. The molecule has 1 aromatic rings. The molecule has 1 aliphatic heterocycles. The molecule has 1 amide bonds. The van der Waals surface area contributed by atoms with Crippen molar-refractivity contribution in [3.05, 3.63) is 38.3 Å². The first-order valence-corrected chi connectivity index (χ1v) is 8.52. The monoisotopic (exact) mass is 398 g/mol. The highest BCUT2D eigenvalue weighted by molar-refractivity contribution is 9.10. The van der Waals surface area contributed by atoms with E-state index in [1.165, 1.54) is 12.1 Å². The van der Waals surface area contributed by atoms with E-state index >= 15 is 0 Å². The van der Waals surface area contributed by atoms with E-state index in [4.69, 9.17) is 4.74 Å². The molecule has 1 aliphatic rings. The highest BCUT2D eigenvalue weighted by Gasteiger charge is 2.29. The summed E-state index contributed by atoms with van der Waals surface area (Å²) in [7, 11) is 0. The molecule has 2 rings (SSSR count). The average molecular weight is 399 g/mol. The second kappa shape index (κ2) is 7.74. The van der Waals surface area contributed by atoms with Gasteiger partial charge in [-0.25, -0.2) is 4.79 Å². The summed E-state index contributed by atoms with van der Waals surface area (Å²) >= 11 is 3.05. The number of nitrogens with zero attached hydrogens (tertiary/aromatic N) is 2. The number of carbonyl (C=O) groups excluding carboxylic acids is 2. The first-order chi connectivity index (χ1) is 11.3. The molecule has 0 spiro atoms. The van der Waals surface area contributed by atoms with E-state index in [2.05, 4.69) is 15.9 Å². The number of halogens is 1. The number of carbonyl (C=O) groups is 2. The summed E-state index contributed by atoms with van der Waals surface area (Å²) in [6, 6.07) is 4.19. The van der Waals surface area contributed by atoms with Gasteiger partial charge in [-0.1, -0.05) is 0 Å². The van der Waals surface area contributed by atoms with Crippen molar-refractivity contribution in [1.29, 1.82) is 0 Å². The van der Waals surface area contributed by atoms with Crippen LogP contribution >= 0.6 is 15.9 Å². The number of nitro benzene ring substituents is 1. The summed E-state index contributed by atoms with van der Waals surface area (Å²) in [6.07, 6.45) is 2.94. The fraction of sp³-hybridized carbons (Fsp3) is 0.500. The summed E-state index contributed by atoms with van der Waals surface area (Å²) in [5.74, 6) is -0.995. The normalized spacial score (nSPS) is 20.5. The minimum absolute atomic E-state index is 0.0393. The number of likely N-dealkylation sites (tertiary alicyclic amines) is 1. The van der Waals surface area contributed by atoms with E-state index in [1.54, 1.807) is 4.90 Å². The van der Waals surface area contributed by atoms with E-state index in [0.29, 0.717) is 0 Å². The zero-order valence-corrected chi connectivity index (χ0v) is 15.1. The number of nitro groups is 1. The van der Waals surface area contributed by atoms with Gasteiger partial charge in [-0.3, -0.25) is 14.9 Å². The molecule has 0 bridgehead atoms. The zero-order valence-electron chi connectivity index (χ0n) is 13.5. The molecule has 2 atom stereocenters. The second-order valence-corrected chi connectivity index (χ2v) is 6.78. The van der Waals surface area contributed by atoms with Gasteiger partial charge in [0.05, 0.1) is 15.0 Å². The maximum atomic E-state index is 12.3. The van der Waals surface area contributed by atoms with Gasteiger partial charge in [-0.05, 0) is 61.2 Å². The van der Waals surface area contributed by atoms with Crippen molar-refractivity contribution >= 4 is 33.5 Å². The number of esters is 1. The smallest absolute Gasteiger partial charge is 0.338 e. The molecule has 0 saturated carbocycles. The molecule has 130 valence electrons. The van der Waals surface area contributed by atoms with Crippen LogP contribution in [0.1, 0.15) is 43.5 Å². The van der Waals surface area contributed by atoms with Crippen LogP contribution in [0, 0.1) is 10.1 Å². The van der Waals surface area contributed by atoms with Crippen LogP contribution in [0.4, 0.5) is 5.69 Å². The summed E-state index contributed by atoms with van der Waals surface area (Å²) in [5, 5.41) is 10.9. The van der Waals surface area contributed by atoms with Gasteiger partial charge in [0.2, 0.25) is 0 Å². The number of amides is 1. The Hall–Kier alpha value is -1.96. The molecular weight excluding hydrogens is 380 g/mol. The van der Waals surface area contributed by atoms with Gasteiger partial charge in [0.15, 0.2) is 6.61 Å². The number of hydrogen-bond acceptors (Lipinski definition) is 5. The third kappa shape index (κ3) is 4.11. The van der Waals surface area contributed by atoms with Crippen molar-refractivity contribution in [3.63, 3.8) is 0 Å². The van der Waals surface area contributed by atoms with Crippen LogP contribution in [0.3, 0.4) is 0 Å². The SMILES string of the molecule is C[C@H]1CCC[C@H](C)N1C(=O)COC(=O)c1ccc(Br)c([N+](=O)[O-])c1. The predicted molar refractivity (Wildman–Crippen MR) is 90.7 cm³/mol. The van der Waals surface area contributed by atoms with Crippen LogP contribution in [0.15, 0.2) is 22.7 Å². The lowest BCUT2D eigenvalue weighted by Gasteiger charge is -2.38. The third-order valence-corrected chi connectivity index (χ3v) is 4.86. The van der Waals surface area contributed by atoms with E-state index in [-0.39, 0.29) is 40.3 Å². The molecule has 1 aromatic carbocycles. The summed E-state index contributed by atoms with van der Waals surface area (Å²) in [6.45, 7) is 3.60. The summed E-state index contributed by atoms with van der Waals surface area (Å²) in [5.41, 5.74) is -0.188. The number of rotatable bonds is 4. The van der Waals surface area contributed by atoms with Gasteiger partial charge in [-0.2, -0.15) is 0 Å². The zero-order chi connectivity index (χ0) is 17.9. The van der Waals surface area contributed by atoms with Gasteiger partial charge in [0, 0.05) is 18.2 Å². The Morgan fingerprint density at radius 1 is 1.33 bits per heavy atom. The first-order valence-electron chi connectivity index (χ1n) is 7.73. The Kier molecular flexibility index (Phi) is 5.93. The molecule has 0 N–H and O–H groups in total. The van der Waals surface area contributed by atoms with Crippen LogP contribution in [0.5, 0.6) is 0 Å². The Balaban J connectivity index is 2.01. The third-order valence-electron chi connectivity index (χ3n) is 4.19. The first kappa shape index (κ1) is 18.4. The van der Waals surface area contributed by atoms with Crippen LogP contribution in [-0.4, -0.2) is 40.4 Å². The lowest BCUT2D eigenvalue weighted by atomic mass is 9.97. The topological polar surface area (TPSA) is 89.8 Å². The van der Waals surface area contributed by atoms with E-state index < -0.39 is 10.9 Å². The van der Waals surface area contributed by atoms with Gasteiger partial charge in [-0.15, -0.1) is 0 Å². The maximum Gasteiger partial charge on any atom is 0.338 e. The lowest BCUT2D eigenvalue weighted by molar-refractivity contribution is -0.385. The minimum Gasteiger partial charge on any atom is -0.452 e. The molecule has 0 radical (unpaired) electrons. The fourth-order valence-electron chi connectivity index (χ4n) is 2.98. The molecule has 7 nitrogen and oxygen atoms in total. The molecule has 1 saturated heterocycles. The molecule has 0 aliphatic carbocycles. The number of ether oxygens (including phenoxy) is 1. The quantitative estimate of drug-likeness (QED) is 0.440. The van der Waals surface area contributed by atoms with Crippen LogP contribution < -0.4 is 0 Å². The minimum atomic E-state index is -0.753. The molecule has 0 aromatic heterocycles. The van der Waals surface area contributed by atoms with Crippen molar-refractivity contribution in [3.8, 4) is 0 Å². The van der Waals surface area contributed by atoms with E-state index in [9.17, 15) is 19.7 Å². The van der Waals surface area contributed by atoms with Gasteiger partial charge in [0.1, 0.15) is 0 Å². The Bertz CT molecular complexity index is 654. The largest absolute Gasteiger partial charge is 0.452 e.